The highest BCUT2D eigenvalue weighted by Crippen LogP contribution is 2.38. The summed E-state index contributed by atoms with van der Waals surface area (Å²) in [4.78, 5) is 39.9. The number of rotatable bonds is 52. The van der Waals surface area contributed by atoms with Crippen LogP contribution < -0.4 is 10.2 Å². The predicted octanol–water partition coefficient (Wildman–Crippen LogP) is 17.0. The zero-order valence-corrected chi connectivity index (χ0v) is 47.8. The number of likely N-dealkylation sites (N-methyl/N-ethyl adjacent to an activating group) is 1. The third kappa shape index (κ3) is 52.1. The number of allylic oxidation sites excluding steroid dienone is 11. The van der Waals surface area contributed by atoms with Crippen LogP contribution in [-0.2, 0) is 27.9 Å². The predicted molar refractivity (Wildman–Crippen MR) is 302 cm³/mol. The molecule has 0 aliphatic heterocycles. The second-order valence-electron chi connectivity index (χ2n) is 20.8. The Kier molecular flexibility index (Phi) is 49.1. The largest absolute Gasteiger partial charge is 0.756 e. The van der Waals surface area contributed by atoms with Crippen molar-refractivity contribution in [2.75, 3.05) is 40.9 Å². The van der Waals surface area contributed by atoms with Gasteiger partial charge in [0.2, 0.25) is 5.91 Å². The van der Waals surface area contributed by atoms with Gasteiger partial charge in [0.25, 0.3) is 7.82 Å². The molecule has 0 aromatic carbocycles. The van der Waals surface area contributed by atoms with Crippen molar-refractivity contribution in [2.45, 2.75) is 264 Å². The van der Waals surface area contributed by atoms with Crippen molar-refractivity contribution in [3.8, 4) is 0 Å². The average Bonchev–Trinajstić information content (AvgIpc) is 3.33. The molecule has 1 N–H and O–H groups in total. The van der Waals surface area contributed by atoms with E-state index in [1.807, 2.05) is 33.3 Å². The molecule has 0 heterocycles. The molecule has 0 aliphatic carbocycles. The number of hydrogen-bond acceptors (Lipinski definition) is 7. The number of amides is 1. The Balaban J connectivity index is 5.34. The lowest BCUT2D eigenvalue weighted by atomic mass is 10.0. The molecule has 0 aromatic rings. The van der Waals surface area contributed by atoms with Crippen LogP contribution in [-0.4, -0.2) is 69.4 Å². The van der Waals surface area contributed by atoms with E-state index in [1.54, 1.807) is 0 Å². The Labute approximate surface area is 438 Å². The van der Waals surface area contributed by atoms with Crippen LogP contribution in [0.3, 0.4) is 0 Å². The van der Waals surface area contributed by atoms with Crippen molar-refractivity contribution < 1.29 is 37.3 Å². The number of carbonyl (C=O) groups is 2. The summed E-state index contributed by atoms with van der Waals surface area (Å²) in [6, 6.07) is -0.899. The summed E-state index contributed by atoms with van der Waals surface area (Å²) in [6.07, 6.45) is 64.3. The molecular formula is C61H111N2O7P. The molecule has 10 heteroatoms. The average molecular weight is 1020 g/mol. The second-order valence-corrected chi connectivity index (χ2v) is 22.2. The maximum atomic E-state index is 13.5. The second kappa shape index (κ2) is 51.0. The van der Waals surface area contributed by atoms with E-state index in [0.29, 0.717) is 23.9 Å². The summed E-state index contributed by atoms with van der Waals surface area (Å²) in [5.41, 5.74) is 0. The van der Waals surface area contributed by atoms with Crippen molar-refractivity contribution in [2.24, 2.45) is 0 Å². The van der Waals surface area contributed by atoms with E-state index in [9.17, 15) is 19.0 Å². The van der Waals surface area contributed by atoms with E-state index in [-0.39, 0.29) is 24.9 Å². The number of quaternary nitrogens is 1. The summed E-state index contributed by atoms with van der Waals surface area (Å²) >= 11 is 0. The van der Waals surface area contributed by atoms with Gasteiger partial charge in [0.05, 0.1) is 33.8 Å². The quantitative estimate of drug-likeness (QED) is 0.0212. The lowest BCUT2D eigenvalue weighted by molar-refractivity contribution is -0.870. The molecule has 0 bridgehead atoms. The third-order valence-corrected chi connectivity index (χ3v) is 13.6. The van der Waals surface area contributed by atoms with Crippen LogP contribution >= 0.6 is 7.82 Å². The fraction of sp³-hybridized carbons (Fsp3) is 0.770. The summed E-state index contributed by atoms with van der Waals surface area (Å²) in [7, 11) is 1.16. The van der Waals surface area contributed by atoms with E-state index in [0.717, 1.165) is 103 Å². The maximum Gasteiger partial charge on any atom is 0.306 e. The van der Waals surface area contributed by atoms with Gasteiger partial charge < -0.3 is 28.5 Å². The Morgan fingerprint density at radius 3 is 1.38 bits per heavy atom. The first kappa shape index (κ1) is 68.5. The first-order valence-corrected chi connectivity index (χ1v) is 30.7. The normalized spacial score (nSPS) is 14.3. The lowest BCUT2D eigenvalue weighted by Crippen LogP contribution is -2.47. The van der Waals surface area contributed by atoms with Crippen LogP contribution in [0.1, 0.15) is 252 Å². The van der Waals surface area contributed by atoms with Crippen LogP contribution in [0.2, 0.25) is 0 Å². The first-order valence-electron chi connectivity index (χ1n) is 29.2. The summed E-state index contributed by atoms with van der Waals surface area (Å²) < 4.78 is 30.2. The number of phosphoric ester groups is 1. The highest BCUT2D eigenvalue weighted by molar-refractivity contribution is 7.45. The smallest absolute Gasteiger partial charge is 0.306 e. The molecule has 412 valence electrons. The molecule has 0 radical (unpaired) electrons. The molecule has 0 aliphatic rings. The fourth-order valence-electron chi connectivity index (χ4n) is 8.09. The number of esters is 1. The Hall–Kier alpha value is -2.55. The number of unbranched alkanes of at least 4 members (excludes halogenated alkanes) is 26. The van der Waals surface area contributed by atoms with Gasteiger partial charge in [-0.05, 0) is 96.0 Å². The third-order valence-electron chi connectivity index (χ3n) is 12.6. The Morgan fingerprint density at radius 1 is 0.507 bits per heavy atom. The monoisotopic (exact) mass is 1010 g/mol. The van der Waals surface area contributed by atoms with E-state index in [4.69, 9.17) is 13.8 Å². The van der Waals surface area contributed by atoms with Crippen LogP contribution in [0.25, 0.3) is 0 Å². The van der Waals surface area contributed by atoms with E-state index in [1.165, 1.54) is 109 Å². The van der Waals surface area contributed by atoms with Gasteiger partial charge in [0, 0.05) is 12.8 Å². The Bertz CT molecular complexity index is 1450. The minimum absolute atomic E-state index is 0.0287. The van der Waals surface area contributed by atoms with Gasteiger partial charge in [-0.3, -0.25) is 14.2 Å². The number of hydrogen-bond donors (Lipinski definition) is 1. The van der Waals surface area contributed by atoms with Crippen molar-refractivity contribution in [3.05, 3.63) is 72.9 Å². The number of ether oxygens (including phenoxy) is 1. The van der Waals surface area contributed by atoms with Crippen molar-refractivity contribution >= 4 is 19.7 Å². The summed E-state index contributed by atoms with van der Waals surface area (Å²) in [5.74, 6) is -0.566. The van der Waals surface area contributed by atoms with E-state index < -0.39 is 26.6 Å². The van der Waals surface area contributed by atoms with E-state index in [2.05, 4.69) is 86.8 Å². The standard InChI is InChI=1S/C61H111N2O7P/c1-7-10-13-16-19-22-25-28-30-31-32-33-34-36-39-42-45-48-51-54-61(65)70-59(52-49-46-43-40-37-27-24-21-18-15-12-9-3)58(57-69-71(66,67)68-56-55-63(4,5)6)62-60(64)53-50-47-44-41-38-35-29-26-23-20-17-14-11-8-2/h11,14,19-20,22-23,28,30,32-33,49,52,58-59H,7-10,12-13,15-18,21,24-27,29,31,34-48,50-51,53-57H2,1-6H3,(H-,62,64,66,67)/b14-11+,22-19-,23-20+,30-28-,33-32-,52-49+. The van der Waals surface area contributed by atoms with Gasteiger partial charge in [-0.25, -0.2) is 0 Å². The van der Waals surface area contributed by atoms with Gasteiger partial charge in [-0.15, -0.1) is 0 Å². The minimum atomic E-state index is -4.70. The molecule has 1 amide bonds. The van der Waals surface area contributed by atoms with E-state index >= 15 is 0 Å². The Morgan fingerprint density at radius 2 is 0.901 bits per heavy atom. The zero-order chi connectivity index (χ0) is 52.2. The molecule has 0 rings (SSSR count). The summed E-state index contributed by atoms with van der Waals surface area (Å²) in [5, 5.41) is 3.01. The topological polar surface area (TPSA) is 114 Å². The van der Waals surface area contributed by atoms with Gasteiger partial charge in [0.15, 0.2) is 0 Å². The van der Waals surface area contributed by atoms with Crippen molar-refractivity contribution in [1.82, 2.24) is 5.32 Å². The zero-order valence-electron chi connectivity index (χ0n) is 46.9. The van der Waals surface area contributed by atoms with Gasteiger partial charge in [-0.2, -0.15) is 0 Å². The molecule has 71 heavy (non-hydrogen) atoms. The van der Waals surface area contributed by atoms with Crippen LogP contribution in [0.5, 0.6) is 0 Å². The van der Waals surface area contributed by atoms with Gasteiger partial charge in [-0.1, -0.05) is 216 Å². The molecule has 0 saturated carbocycles. The number of phosphoric acid groups is 1. The number of carbonyl (C=O) groups excluding carboxylic acids is 2. The highest BCUT2D eigenvalue weighted by atomic mass is 31.2. The van der Waals surface area contributed by atoms with Gasteiger partial charge in [0.1, 0.15) is 19.3 Å². The van der Waals surface area contributed by atoms with Crippen LogP contribution in [0, 0.1) is 0 Å². The van der Waals surface area contributed by atoms with Gasteiger partial charge >= 0.3 is 5.97 Å². The first-order chi connectivity index (χ1) is 34.4. The number of nitrogens with one attached hydrogen (secondary N) is 1. The fourth-order valence-corrected chi connectivity index (χ4v) is 8.82. The SMILES string of the molecule is CC/C=C/C/C=C/CCCCCCCCCC(=O)NC(COP(=O)([O-])OCC[N+](C)(C)C)C(/C=C/CCCCCCCCCCCC)OC(=O)CCCCCCCC/C=C\C/C=C\C/C=C\CCCCC. The molecule has 0 saturated heterocycles. The van der Waals surface area contributed by atoms with Crippen LogP contribution in [0.15, 0.2) is 72.9 Å². The molecular weight excluding hydrogens is 904 g/mol. The van der Waals surface area contributed by atoms with Crippen LogP contribution in [0.4, 0.5) is 0 Å². The molecule has 0 aromatic heterocycles. The number of nitrogens with zero attached hydrogens (tertiary/aromatic N) is 1. The van der Waals surface area contributed by atoms with Crippen molar-refractivity contribution in [3.63, 3.8) is 0 Å². The molecule has 3 atom stereocenters. The van der Waals surface area contributed by atoms with Crippen molar-refractivity contribution in [1.29, 1.82) is 0 Å². The molecule has 0 spiro atoms. The molecule has 3 unspecified atom stereocenters. The minimum Gasteiger partial charge on any atom is -0.756 e. The maximum absolute atomic E-state index is 13.5. The lowest BCUT2D eigenvalue weighted by Gasteiger charge is -2.30. The molecule has 0 fully saturated rings. The highest BCUT2D eigenvalue weighted by Gasteiger charge is 2.27. The molecule has 9 nitrogen and oxygen atoms in total. The summed E-state index contributed by atoms with van der Waals surface area (Å²) in [6.45, 7) is 6.69.